The fraction of sp³-hybridized carbons (Fsp3) is 0.357. The quantitative estimate of drug-likeness (QED) is 0.868. The standard InChI is InChI=1S/C14H18N2OS/c1-11(2)16-7-12-4-3-5-13(6-12)17-9-14-8-15-10-18-14/h3-6,8,10-11,16H,7,9H2,1-2H3. The molecule has 0 saturated carbocycles. The molecule has 0 saturated heterocycles. The van der Waals surface area contributed by atoms with Gasteiger partial charge in [0.2, 0.25) is 0 Å². The Morgan fingerprint density at radius 2 is 2.28 bits per heavy atom. The van der Waals surface area contributed by atoms with Gasteiger partial charge in [-0.2, -0.15) is 0 Å². The topological polar surface area (TPSA) is 34.1 Å². The summed E-state index contributed by atoms with van der Waals surface area (Å²) in [5.41, 5.74) is 3.06. The molecule has 96 valence electrons. The molecule has 1 aromatic heterocycles. The van der Waals surface area contributed by atoms with Crippen molar-refractivity contribution in [3.63, 3.8) is 0 Å². The van der Waals surface area contributed by atoms with Crippen LogP contribution in [0, 0.1) is 0 Å². The molecule has 3 nitrogen and oxygen atoms in total. The van der Waals surface area contributed by atoms with Gasteiger partial charge in [-0.1, -0.05) is 26.0 Å². The van der Waals surface area contributed by atoms with E-state index in [2.05, 4.69) is 36.3 Å². The van der Waals surface area contributed by atoms with Crippen LogP contribution in [0.15, 0.2) is 36.0 Å². The van der Waals surface area contributed by atoms with Crippen LogP contribution >= 0.6 is 11.3 Å². The SMILES string of the molecule is CC(C)NCc1cccc(OCc2cncs2)c1. The Kier molecular flexibility index (Phi) is 4.73. The summed E-state index contributed by atoms with van der Waals surface area (Å²) in [7, 11) is 0. The van der Waals surface area contributed by atoms with Gasteiger partial charge in [0.25, 0.3) is 0 Å². The Bertz CT molecular complexity index is 468. The lowest BCUT2D eigenvalue weighted by atomic mass is 10.2. The summed E-state index contributed by atoms with van der Waals surface area (Å²) in [4.78, 5) is 5.17. The van der Waals surface area contributed by atoms with Crippen molar-refractivity contribution in [2.24, 2.45) is 0 Å². The van der Waals surface area contributed by atoms with E-state index in [0.29, 0.717) is 12.6 Å². The zero-order valence-electron chi connectivity index (χ0n) is 10.7. The van der Waals surface area contributed by atoms with E-state index in [0.717, 1.165) is 17.2 Å². The molecule has 1 aromatic carbocycles. The predicted molar refractivity (Wildman–Crippen MR) is 74.9 cm³/mol. The maximum Gasteiger partial charge on any atom is 0.124 e. The third-order valence-electron chi connectivity index (χ3n) is 2.48. The molecule has 0 unspecified atom stereocenters. The van der Waals surface area contributed by atoms with Gasteiger partial charge in [-0.05, 0) is 17.7 Å². The number of nitrogens with zero attached hydrogens (tertiary/aromatic N) is 1. The molecule has 0 bridgehead atoms. The molecule has 0 radical (unpaired) electrons. The van der Waals surface area contributed by atoms with Crippen LogP contribution in [0.4, 0.5) is 0 Å². The van der Waals surface area contributed by atoms with Gasteiger partial charge in [-0.15, -0.1) is 11.3 Å². The number of nitrogens with one attached hydrogen (secondary N) is 1. The maximum absolute atomic E-state index is 5.74. The first-order valence-electron chi connectivity index (χ1n) is 6.06. The fourth-order valence-electron chi connectivity index (χ4n) is 1.54. The van der Waals surface area contributed by atoms with E-state index in [1.165, 1.54) is 5.56 Å². The molecule has 0 amide bonds. The highest BCUT2D eigenvalue weighted by Gasteiger charge is 2.00. The van der Waals surface area contributed by atoms with Crippen molar-refractivity contribution in [1.29, 1.82) is 0 Å². The minimum absolute atomic E-state index is 0.492. The normalized spacial score (nSPS) is 10.8. The summed E-state index contributed by atoms with van der Waals surface area (Å²) in [6.07, 6.45) is 1.84. The van der Waals surface area contributed by atoms with Crippen LogP contribution < -0.4 is 10.1 Å². The van der Waals surface area contributed by atoms with Crippen LogP contribution in [-0.2, 0) is 13.2 Å². The van der Waals surface area contributed by atoms with Gasteiger partial charge in [0, 0.05) is 18.8 Å². The molecular formula is C14H18N2OS. The predicted octanol–water partition coefficient (Wildman–Crippen LogP) is 3.22. The van der Waals surface area contributed by atoms with Crippen molar-refractivity contribution in [3.05, 3.63) is 46.4 Å². The molecule has 1 heterocycles. The van der Waals surface area contributed by atoms with E-state index < -0.39 is 0 Å². The van der Waals surface area contributed by atoms with Gasteiger partial charge < -0.3 is 10.1 Å². The third-order valence-corrected chi connectivity index (χ3v) is 3.23. The van der Waals surface area contributed by atoms with E-state index in [9.17, 15) is 0 Å². The Balaban J connectivity index is 1.90. The molecule has 0 atom stereocenters. The molecule has 0 spiro atoms. The van der Waals surface area contributed by atoms with Crippen LogP contribution in [0.25, 0.3) is 0 Å². The van der Waals surface area contributed by atoms with Crippen LogP contribution in [0.3, 0.4) is 0 Å². The molecule has 0 aliphatic carbocycles. The lowest BCUT2D eigenvalue weighted by Crippen LogP contribution is -2.21. The second-order valence-electron chi connectivity index (χ2n) is 4.44. The van der Waals surface area contributed by atoms with E-state index in [1.807, 2.05) is 23.8 Å². The molecule has 2 aromatic rings. The van der Waals surface area contributed by atoms with E-state index in [1.54, 1.807) is 11.3 Å². The minimum Gasteiger partial charge on any atom is -0.488 e. The van der Waals surface area contributed by atoms with Crippen molar-refractivity contribution in [2.45, 2.75) is 33.0 Å². The first-order chi connectivity index (χ1) is 8.74. The maximum atomic E-state index is 5.74. The molecule has 1 N–H and O–H groups in total. The number of benzene rings is 1. The number of ether oxygens (including phenoxy) is 1. The van der Waals surface area contributed by atoms with Crippen molar-refractivity contribution in [3.8, 4) is 5.75 Å². The second-order valence-corrected chi connectivity index (χ2v) is 5.41. The molecule has 0 aliphatic heterocycles. The van der Waals surface area contributed by atoms with Gasteiger partial charge in [0.05, 0.1) is 10.4 Å². The van der Waals surface area contributed by atoms with Gasteiger partial charge in [0.15, 0.2) is 0 Å². The highest BCUT2D eigenvalue weighted by Crippen LogP contribution is 2.16. The summed E-state index contributed by atoms with van der Waals surface area (Å²) in [5, 5.41) is 3.40. The summed E-state index contributed by atoms with van der Waals surface area (Å²) in [6.45, 7) is 5.75. The molecule has 2 rings (SSSR count). The monoisotopic (exact) mass is 262 g/mol. The Labute approximate surface area is 112 Å². The van der Waals surface area contributed by atoms with Gasteiger partial charge in [0.1, 0.15) is 12.4 Å². The Morgan fingerprint density at radius 3 is 3.00 bits per heavy atom. The fourth-order valence-corrected chi connectivity index (χ4v) is 2.04. The van der Waals surface area contributed by atoms with Crippen molar-refractivity contribution in [1.82, 2.24) is 10.3 Å². The first-order valence-corrected chi connectivity index (χ1v) is 6.94. The van der Waals surface area contributed by atoms with E-state index in [-0.39, 0.29) is 0 Å². The minimum atomic E-state index is 0.492. The van der Waals surface area contributed by atoms with E-state index in [4.69, 9.17) is 4.74 Å². The van der Waals surface area contributed by atoms with Crippen LogP contribution in [0.1, 0.15) is 24.3 Å². The third kappa shape index (κ3) is 4.13. The average Bonchev–Trinajstić information content (AvgIpc) is 2.87. The van der Waals surface area contributed by atoms with Crippen molar-refractivity contribution >= 4 is 11.3 Å². The number of aromatic nitrogens is 1. The second kappa shape index (κ2) is 6.52. The van der Waals surface area contributed by atoms with Gasteiger partial charge >= 0.3 is 0 Å². The lowest BCUT2D eigenvalue weighted by molar-refractivity contribution is 0.309. The molecular weight excluding hydrogens is 244 g/mol. The van der Waals surface area contributed by atoms with Crippen LogP contribution in [0.2, 0.25) is 0 Å². The number of thiazole rings is 1. The smallest absolute Gasteiger partial charge is 0.124 e. The summed E-state index contributed by atoms with van der Waals surface area (Å²) < 4.78 is 5.74. The Hall–Kier alpha value is -1.39. The highest BCUT2D eigenvalue weighted by molar-refractivity contribution is 7.09. The molecule has 4 heteroatoms. The van der Waals surface area contributed by atoms with Crippen molar-refractivity contribution in [2.75, 3.05) is 0 Å². The average molecular weight is 262 g/mol. The Morgan fingerprint density at radius 1 is 1.39 bits per heavy atom. The zero-order valence-corrected chi connectivity index (χ0v) is 11.5. The molecule has 0 fully saturated rings. The van der Waals surface area contributed by atoms with Gasteiger partial charge in [-0.25, -0.2) is 0 Å². The number of hydrogen-bond acceptors (Lipinski definition) is 4. The molecule has 18 heavy (non-hydrogen) atoms. The van der Waals surface area contributed by atoms with Crippen LogP contribution in [-0.4, -0.2) is 11.0 Å². The lowest BCUT2D eigenvalue weighted by Gasteiger charge is -2.10. The van der Waals surface area contributed by atoms with Gasteiger partial charge in [-0.3, -0.25) is 4.98 Å². The first kappa shape index (κ1) is 13.1. The summed E-state index contributed by atoms with van der Waals surface area (Å²) >= 11 is 1.61. The zero-order chi connectivity index (χ0) is 12.8. The van der Waals surface area contributed by atoms with Crippen molar-refractivity contribution < 1.29 is 4.74 Å². The number of hydrogen-bond donors (Lipinski definition) is 1. The summed E-state index contributed by atoms with van der Waals surface area (Å²) in [5.74, 6) is 0.909. The summed E-state index contributed by atoms with van der Waals surface area (Å²) in [6, 6.07) is 8.69. The van der Waals surface area contributed by atoms with E-state index >= 15 is 0 Å². The highest BCUT2D eigenvalue weighted by atomic mass is 32.1. The number of rotatable bonds is 6. The molecule has 0 aliphatic rings. The van der Waals surface area contributed by atoms with Crippen LogP contribution in [0.5, 0.6) is 5.75 Å². The largest absolute Gasteiger partial charge is 0.488 e.